The van der Waals surface area contributed by atoms with Crippen LogP contribution in [0.5, 0.6) is 5.75 Å². The van der Waals surface area contributed by atoms with E-state index >= 15 is 0 Å². The van der Waals surface area contributed by atoms with Crippen molar-refractivity contribution in [2.75, 3.05) is 23.8 Å². The minimum absolute atomic E-state index is 0. The van der Waals surface area contributed by atoms with Crippen molar-refractivity contribution in [3.05, 3.63) is 17.2 Å². The van der Waals surface area contributed by atoms with Crippen LogP contribution in [0.4, 0.5) is 11.4 Å². The Balaban J connectivity index is 0.00000312. The van der Waals surface area contributed by atoms with E-state index in [0.29, 0.717) is 17.1 Å². The molecule has 0 fully saturated rings. The molecule has 0 saturated carbocycles. The molecule has 138 valence electrons. The van der Waals surface area contributed by atoms with Crippen molar-refractivity contribution in [1.82, 2.24) is 5.32 Å². The SMILES string of the molecule is CC(C)[C@H](N)C(=O)NCC(=O)Nc1cc2c(cc1Cl)NC(=O)CO2.Cl. The number of anilines is 2. The monoisotopic (exact) mass is 390 g/mol. The molecule has 0 unspecified atom stereocenters. The lowest BCUT2D eigenvalue weighted by Gasteiger charge is -2.20. The Kier molecular flexibility index (Phi) is 7.47. The molecule has 0 spiro atoms. The van der Waals surface area contributed by atoms with Crippen LogP contribution in [0, 0.1) is 5.92 Å². The van der Waals surface area contributed by atoms with Crippen LogP contribution < -0.4 is 26.4 Å². The Labute approximate surface area is 156 Å². The summed E-state index contributed by atoms with van der Waals surface area (Å²) in [5, 5.41) is 7.89. The first-order valence-electron chi connectivity index (χ1n) is 7.37. The van der Waals surface area contributed by atoms with Crippen LogP contribution in [0.15, 0.2) is 12.1 Å². The smallest absolute Gasteiger partial charge is 0.262 e. The summed E-state index contributed by atoms with van der Waals surface area (Å²) in [6.45, 7) is 3.29. The van der Waals surface area contributed by atoms with E-state index in [1.807, 2.05) is 13.8 Å². The molecular formula is C15H20Cl2N4O4. The summed E-state index contributed by atoms with van der Waals surface area (Å²) in [6, 6.07) is 2.31. The molecule has 10 heteroatoms. The third-order valence-electron chi connectivity index (χ3n) is 3.42. The van der Waals surface area contributed by atoms with Crippen LogP contribution in [-0.4, -0.2) is 36.9 Å². The highest BCUT2D eigenvalue weighted by molar-refractivity contribution is 6.34. The highest BCUT2D eigenvalue weighted by Crippen LogP contribution is 2.36. The fourth-order valence-electron chi connectivity index (χ4n) is 1.98. The molecule has 0 aromatic heterocycles. The van der Waals surface area contributed by atoms with E-state index in [4.69, 9.17) is 22.1 Å². The number of nitrogens with two attached hydrogens (primary N) is 1. The molecule has 1 heterocycles. The third kappa shape index (κ3) is 5.48. The van der Waals surface area contributed by atoms with Gasteiger partial charge in [0.1, 0.15) is 5.75 Å². The van der Waals surface area contributed by atoms with Crippen molar-refractivity contribution >= 4 is 53.1 Å². The van der Waals surface area contributed by atoms with Crippen molar-refractivity contribution in [2.45, 2.75) is 19.9 Å². The van der Waals surface area contributed by atoms with Crippen LogP contribution in [0.1, 0.15) is 13.8 Å². The van der Waals surface area contributed by atoms with Gasteiger partial charge in [0.05, 0.1) is 29.0 Å². The zero-order valence-corrected chi connectivity index (χ0v) is 15.3. The molecule has 8 nitrogen and oxygen atoms in total. The lowest BCUT2D eigenvalue weighted by atomic mass is 10.1. The van der Waals surface area contributed by atoms with Gasteiger partial charge < -0.3 is 26.4 Å². The molecule has 1 aliphatic rings. The van der Waals surface area contributed by atoms with Gasteiger partial charge in [0.25, 0.3) is 5.91 Å². The van der Waals surface area contributed by atoms with Gasteiger partial charge in [-0.25, -0.2) is 0 Å². The van der Waals surface area contributed by atoms with E-state index in [0.717, 1.165) is 0 Å². The lowest BCUT2D eigenvalue weighted by molar-refractivity contribution is -0.125. The van der Waals surface area contributed by atoms with Gasteiger partial charge in [-0.05, 0) is 12.0 Å². The Morgan fingerprint density at radius 1 is 1.40 bits per heavy atom. The molecule has 0 aliphatic carbocycles. The number of halogens is 2. The molecule has 0 saturated heterocycles. The average molecular weight is 391 g/mol. The first kappa shape index (κ1) is 21.0. The molecular weight excluding hydrogens is 371 g/mol. The van der Waals surface area contributed by atoms with E-state index in [1.54, 1.807) is 0 Å². The third-order valence-corrected chi connectivity index (χ3v) is 3.73. The zero-order valence-electron chi connectivity index (χ0n) is 13.7. The fraction of sp³-hybridized carbons (Fsp3) is 0.400. The summed E-state index contributed by atoms with van der Waals surface area (Å²) in [5.41, 5.74) is 6.45. The quantitative estimate of drug-likeness (QED) is 0.599. The average Bonchev–Trinajstić information content (AvgIpc) is 2.52. The fourth-order valence-corrected chi connectivity index (χ4v) is 2.19. The Morgan fingerprint density at radius 3 is 2.72 bits per heavy atom. The molecule has 1 aliphatic heterocycles. The maximum atomic E-state index is 11.9. The van der Waals surface area contributed by atoms with Crippen LogP contribution in [-0.2, 0) is 14.4 Å². The summed E-state index contributed by atoms with van der Waals surface area (Å²) in [7, 11) is 0. The summed E-state index contributed by atoms with van der Waals surface area (Å²) in [4.78, 5) is 34.9. The molecule has 0 radical (unpaired) electrons. The second-order valence-corrected chi connectivity index (χ2v) is 6.11. The standard InChI is InChI=1S/C15H19ClN4O4.ClH/c1-7(2)14(17)15(23)18-5-12(21)19-9-4-11-10(3-8(9)16)20-13(22)6-24-11;/h3-4,7,14H,5-6,17H2,1-2H3,(H,18,23)(H,19,21)(H,20,22);1H/t14-;/m0./s1. The molecule has 1 aromatic rings. The number of nitrogens with one attached hydrogen (secondary N) is 3. The maximum Gasteiger partial charge on any atom is 0.262 e. The number of ether oxygens (including phenoxy) is 1. The van der Waals surface area contributed by atoms with E-state index < -0.39 is 17.9 Å². The first-order valence-corrected chi connectivity index (χ1v) is 7.75. The highest BCUT2D eigenvalue weighted by atomic mass is 35.5. The van der Waals surface area contributed by atoms with Crippen LogP contribution in [0.2, 0.25) is 5.02 Å². The number of amides is 3. The van der Waals surface area contributed by atoms with Crippen LogP contribution in [0.25, 0.3) is 0 Å². The predicted molar refractivity (Wildman–Crippen MR) is 97.3 cm³/mol. The normalized spacial score (nSPS) is 13.7. The van der Waals surface area contributed by atoms with Crippen molar-refractivity contribution < 1.29 is 19.1 Å². The summed E-state index contributed by atoms with van der Waals surface area (Å²) >= 11 is 6.08. The molecule has 1 atom stereocenters. The summed E-state index contributed by atoms with van der Waals surface area (Å²) in [6.07, 6.45) is 0. The van der Waals surface area contributed by atoms with Gasteiger partial charge in [0.2, 0.25) is 11.8 Å². The second kappa shape index (κ2) is 8.89. The molecule has 25 heavy (non-hydrogen) atoms. The van der Waals surface area contributed by atoms with Gasteiger partial charge in [0, 0.05) is 6.07 Å². The Hall–Kier alpha value is -2.03. The van der Waals surface area contributed by atoms with Crippen molar-refractivity contribution in [1.29, 1.82) is 0 Å². The number of carbonyl (C=O) groups is 3. The van der Waals surface area contributed by atoms with Crippen LogP contribution in [0.3, 0.4) is 0 Å². The van der Waals surface area contributed by atoms with E-state index in [1.165, 1.54) is 12.1 Å². The minimum Gasteiger partial charge on any atom is -0.482 e. The van der Waals surface area contributed by atoms with Crippen LogP contribution >= 0.6 is 24.0 Å². The van der Waals surface area contributed by atoms with Crippen molar-refractivity contribution in [3.63, 3.8) is 0 Å². The number of hydrogen-bond donors (Lipinski definition) is 4. The van der Waals surface area contributed by atoms with E-state index in [9.17, 15) is 14.4 Å². The predicted octanol–water partition coefficient (Wildman–Crippen LogP) is 1.13. The summed E-state index contributed by atoms with van der Waals surface area (Å²) in [5.74, 6) is -0.765. The first-order chi connectivity index (χ1) is 11.3. The molecule has 3 amide bonds. The van der Waals surface area contributed by atoms with Gasteiger partial charge in [-0.2, -0.15) is 0 Å². The number of benzene rings is 1. The maximum absolute atomic E-state index is 11.9. The number of hydrogen-bond acceptors (Lipinski definition) is 5. The van der Waals surface area contributed by atoms with Crippen molar-refractivity contribution in [3.8, 4) is 5.75 Å². The molecule has 2 rings (SSSR count). The largest absolute Gasteiger partial charge is 0.482 e. The lowest BCUT2D eigenvalue weighted by Crippen LogP contribution is -2.46. The molecule has 1 aromatic carbocycles. The topological polar surface area (TPSA) is 123 Å². The molecule has 5 N–H and O–H groups in total. The number of carbonyl (C=O) groups excluding carboxylic acids is 3. The Morgan fingerprint density at radius 2 is 2.08 bits per heavy atom. The highest BCUT2D eigenvalue weighted by Gasteiger charge is 2.20. The van der Waals surface area contributed by atoms with Crippen molar-refractivity contribution in [2.24, 2.45) is 11.7 Å². The zero-order chi connectivity index (χ0) is 17.9. The van der Waals surface area contributed by atoms with E-state index in [-0.39, 0.29) is 42.4 Å². The van der Waals surface area contributed by atoms with Gasteiger partial charge in [-0.15, -0.1) is 12.4 Å². The van der Waals surface area contributed by atoms with Gasteiger partial charge in [0.15, 0.2) is 6.61 Å². The minimum atomic E-state index is -0.679. The Bertz CT molecular complexity index is 682. The molecule has 0 bridgehead atoms. The number of fused-ring (bicyclic) bond motifs is 1. The van der Waals surface area contributed by atoms with Gasteiger partial charge in [-0.3, -0.25) is 14.4 Å². The summed E-state index contributed by atoms with van der Waals surface area (Å²) < 4.78 is 5.26. The van der Waals surface area contributed by atoms with Gasteiger partial charge in [-0.1, -0.05) is 25.4 Å². The van der Waals surface area contributed by atoms with Gasteiger partial charge >= 0.3 is 0 Å². The second-order valence-electron chi connectivity index (χ2n) is 5.70. The van der Waals surface area contributed by atoms with E-state index in [2.05, 4.69) is 16.0 Å². The number of rotatable bonds is 5.